The van der Waals surface area contributed by atoms with Gasteiger partial charge in [-0.2, -0.15) is 0 Å². The van der Waals surface area contributed by atoms with Gasteiger partial charge in [-0.05, 0) is 19.1 Å². The molecule has 0 saturated carbocycles. The SMILES string of the molecule is CCc1nccn1-c1ccc(C(C)=O)c([N+](=O)[O-])c1. The van der Waals surface area contributed by atoms with E-state index < -0.39 is 4.92 Å². The fourth-order valence-corrected chi connectivity index (χ4v) is 1.95. The van der Waals surface area contributed by atoms with Crippen LogP contribution in [0.3, 0.4) is 0 Å². The Morgan fingerprint density at radius 1 is 1.47 bits per heavy atom. The molecule has 2 aromatic rings. The molecule has 0 atom stereocenters. The normalized spacial score (nSPS) is 10.4. The van der Waals surface area contributed by atoms with Crippen molar-refractivity contribution < 1.29 is 9.72 Å². The predicted octanol–water partition coefficient (Wildman–Crippen LogP) is 2.55. The Morgan fingerprint density at radius 3 is 2.79 bits per heavy atom. The minimum atomic E-state index is -0.539. The Hall–Kier alpha value is -2.50. The number of nitrogens with zero attached hydrogens (tertiary/aromatic N) is 3. The monoisotopic (exact) mass is 259 g/mol. The molecule has 2 rings (SSSR count). The molecule has 0 aliphatic heterocycles. The lowest BCUT2D eigenvalue weighted by atomic mass is 10.1. The number of hydrogen-bond donors (Lipinski definition) is 0. The predicted molar refractivity (Wildman–Crippen MR) is 69.6 cm³/mol. The Labute approximate surface area is 109 Å². The number of nitro benzene ring substituents is 1. The topological polar surface area (TPSA) is 78.0 Å². The minimum absolute atomic E-state index is 0.118. The fraction of sp³-hybridized carbons (Fsp3) is 0.231. The molecule has 1 aromatic heterocycles. The van der Waals surface area contributed by atoms with Gasteiger partial charge in [0, 0.05) is 24.9 Å². The van der Waals surface area contributed by atoms with Gasteiger partial charge in [0.15, 0.2) is 5.78 Å². The Balaban J connectivity index is 2.58. The lowest BCUT2D eigenvalue weighted by Gasteiger charge is -2.07. The molecular weight excluding hydrogens is 246 g/mol. The Bertz CT molecular complexity index is 646. The molecule has 0 spiro atoms. The van der Waals surface area contributed by atoms with E-state index in [2.05, 4.69) is 4.98 Å². The summed E-state index contributed by atoms with van der Waals surface area (Å²) in [6, 6.07) is 4.57. The van der Waals surface area contributed by atoms with Gasteiger partial charge in [0.05, 0.1) is 16.2 Å². The number of hydrogen-bond acceptors (Lipinski definition) is 4. The van der Waals surface area contributed by atoms with Crippen molar-refractivity contribution in [1.29, 1.82) is 0 Å². The van der Waals surface area contributed by atoms with Gasteiger partial charge >= 0.3 is 0 Å². The second-order valence-electron chi connectivity index (χ2n) is 4.08. The molecule has 0 aliphatic carbocycles. The standard InChI is InChI=1S/C13H13N3O3/c1-3-13-14-6-7-15(13)10-4-5-11(9(2)17)12(8-10)16(18)19/h4-8H,3H2,1-2H3. The summed E-state index contributed by atoms with van der Waals surface area (Å²) >= 11 is 0. The molecule has 19 heavy (non-hydrogen) atoms. The molecular formula is C13H13N3O3. The highest BCUT2D eigenvalue weighted by Crippen LogP contribution is 2.23. The number of nitro groups is 1. The van der Waals surface area contributed by atoms with Crippen LogP contribution in [0.4, 0.5) is 5.69 Å². The van der Waals surface area contributed by atoms with Crippen LogP contribution in [0.25, 0.3) is 5.69 Å². The van der Waals surface area contributed by atoms with Gasteiger partial charge < -0.3 is 4.57 Å². The zero-order chi connectivity index (χ0) is 14.0. The first-order valence-corrected chi connectivity index (χ1v) is 5.86. The molecule has 0 saturated heterocycles. The van der Waals surface area contributed by atoms with Crippen LogP contribution >= 0.6 is 0 Å². The summed E-state index contributed by atoms with van der Waals surface area (Å²) in [5, 5.41) is 11.0. The summed E-state index contributed by atoms with van der Waals surface area (Å²) in [5.74, 6) is 0.490. The number of imidazole rings is 1. The number of rotatable bonds is 4. The summed E-state index contributed by atoms with van der Waals surface area (Å²) < 4.78 is 1.77. The summed E-state index contributed by atoms with van der Waals surface area (Å²) in [6.07, 6.45) is 4.10. The quantitative estimate of drug-likeness (QED) is 0.480. The number of carbonyl (C=O) groups is 1. The number of aryl methyl sites for hydroxylation is 1. The van der Waals surface area contributed by atoms with Gasteiger partial charge in [-0.15, -0.1) is 0 Å². The number of benzene rings is 1. The van der Waals surface area contributed by atoms with Gasteiger partial charge in [-0.1, -0.05) is 6.92 Å². The van der Waals surface area contributed by atoms with Crippen molar-refractivity contribution in [1.82, 2.24) is 9.55 Å². The van der Waals surface area contributed by atoms with E-state index in [1.54, 1.807) is 23.0 Å². The number of aromatic nitrogens is 2. The van der Waals surface area contributed by atoms with Crippen molar-refractivity contribution in [2.75, 3.05) is 0 Å². The maximum absolute atomic E-state index is 11.4. The van der Waals surface area contributed by atoms with E-state index in [1.807, 2.05) is 6.92 Å². The lowest BCUT2D eigenvalue weighted by Crippen LogP contribution is -2.04. The highest BCUT2D eigenvalue weighted by atomic mass is 16.6. The number of Topliss-reactive ketones (excluding diaryl/α,β-unsaturated/α-hetero) is 1. The maximum Gasteiger partial charge on any atom is 0.282 e. The molecule has 0 unspecified atom stereocenters. The summed E-state index contributed by atoms with van der Waals surface area (Å²) in [4.78, 5) is 26.0. The number of ketones is 1. The second kappa shape index (κ2) is 5.01. The smallest absolute Gasteiger partial charge is 0.282 e. The van der Waals surface area contributed by atoms with Crippen LogP contribution in [0.5, 0.6) is 0 Å². The molecule has 0 radical (unpaired) electrons. The van der Waals surface area contributed by atoms with Gasteiger partial charge in [0.25, 0.3) is 5.69 Å². The van der Waals surface area contributed by atoms with Gasteiger partial charge in [-0.25, -0.2) is 4.98 Å². The molecule has 0 fully saturated rings. The molecule has 1 heterocycles. The number of carbonyl (C=O) groups excluding carboxylic acids is 1. The van der Waals surface area contributed by atoms with Crippen molar-refractivity contribution in [3.8, 4) is 5.69 Å². The van der Waals surface area contributed by atoms with E-state index in [-0.39, 0.29) is 17.0 Å². The van der Waals surface area contributed by atoms with Crippen LogP contribution < -0.4 is 0 Å². The molecule has 0 N–H and O–H groups in total. The van der Waals surface area contributed by atoms with Crippen LogP contribution in [0.1, 0.15) is 30.0 Å². The average molecular weight is 259 g/mol. The van der Waals surface area contributed by atoms with E-state index >= 15 is 0 Å². The molecule has 0 aliphatic rings. The molecule has 98 valence electrons. The summed E-state index contributed by atoms with van der Waals surface area (Å²) in [7, 11) is 0. The summed E-state index contributed by atoms with van der Waals surface area (Å²) in [6.45, 7) is 3.27. The summed E-state index contributed by atoms with van der Waals surface area (Å²) in [5.41, 5.74) is 0.568. The van der Waals surface area contributed by atoms with Crippen LogP contribution in [0.15, 0.2) is 30.6 Å². The van der Waals surface area contributed by atoms with Gasteiger partial charge in [0.2, 0.25) is 0 Å². The second-order valence-corrected chi connectivity index (χ2v) is 4.08. The zero-order valence-electron chi connectivity index (χ0n) is 10.7. The Kier molecular flexibility index (Phi) is 3.41. The van der Waals surface area contributed by atoms with Crippen molar-refractivity contribution in [2.45, 2.75) is 20.3 Å². The highest BCUT2D eigenvalue weighted by Gasteiger charge is 2.18. The molecule has 1 aromatic carbocycles. The first-order valence-electron chi connectivity index (χ1n) is 5.86. The largest absolute Gasteiger partial charge is 0.304 e. The Morgan fingerprint density at radius 2 is 2.21 bits per heavy atom. The third-order valence-electron chi connectivity index (χ3n) is 2.87. The van der Waals surface area contributed by atoms with Gasteiger partial charge in [-0.3, -0.25) is 14.9 Å². The molecule has 0 amide bonds. The van der Waals surface area contributed by atoms with E-state index in [1.165, 1.54) is 19.1 Å². The highest BCUT2D eigenvalue weighted by molar-refractivity contribution is 5.98. The van der Waals surface area contributed by atoms with E-state index in [4.69, 9.17) is 0 Å². The van der Waals surface area contributed by atoms with Crippen molar-refractivity contribution in [3.05, 3.63) is 52.1 Å². The first kappa shape index (κ1) is 12.9. The maximum atomic E-state index is 11.4. The van der Waals surface area contributed by atoms with Crippen molar-refractivity contribution in [3.63, 3.8) is 0 Å². The van der Waals surface area contributed by atoms with Crippen LogP contribution in [-0.4, -0.2) is 20.3 Å². The van der Waals surface area contributed by atoms with Crippen LogP contribution in [0.2, 0.25) is 0 Å². The molecule has 6 nitrogen and oxygen atoms in total. The van der Waals surface area contributed by atoms with E-state index in [0.717, 1.165) is 12.2 Å². The molecule has 0 bridgehead atoms. The van der Waals surface area contributed by atoms with Crippen LogP contribution in [0, 0.1) is 10.1 Å². The van der Waals surface area contributed by atoms with Gasteiger partial charge in [0.1, 0.15) is 5.82 Å². The third kappa shape index (κ3) is 2.37. The van der Waals surface area contributed by atoms with Crippen molar-refractivity contribution in [2.24, 2.45) is 0 Å². The average Bonchev–Trinajstić information content (AvgIpc) is 2.86. The minimum Gasteiger partial charge on any atom is -0.304 e. The molecule has 6 heteroatoms. The lowest BCUT2D eigenvalue weighted by molar-refractivity contribution is -0.385. The van der Waals surface area contributed by atoms with E-state index in [0.29, 0.717) is 5.69 Å². The zero-order valence-corrected chi connectivity index (χ0v) is 10.7. The fourth-order valence-electron chi connectivity index (χ4n) is 1.95. The van der Waals surface area contributed by atoms with Crippen molar-refractivity contribution >= 4 is 11.5 Å². The first-order chi connectivity index (χ1) is 9.04. The van der Waals surface area contributed by atoms with Crippen LogP contribution in [-0.2, 0) is 6.42 Å². The third-order valence-corrected chi connectivity index (χ3v) is 2.87. The van der Waals surface area contributed by atoms with E-state index in [9.17, 15) is 14.9 Å².